The van der Waals surface area contributed by atoms with Gasteiger partial charge in [-0.1, -0.05) is 17.6 Å². The summed E-state index contributed by atoms with van der Waals surface area (Å²) in [7, 11) is 0. The number of imide groups is 1. The Labute approximate surface area is 174 Å². The number of fused-ring (bicyclic) bond motifs is 3. The zero-order valence-corrected chi connectivity index (χ0v) is 16.9. The van der Waals surface area contributed by atoms with Crippen LogP contribution in [0, 0.1) is 0 Å². The van der Waals surface area contributed by atoms with E-state index in [-0.39, 0.29) is 11.8 Å². The highest BCUT2D eigenvalue weighted by Crippen LogP contribution is 2.36. The van der Waals surface area contributed by atoms with Crippen LogP contribution in [0.1, 0.15) is 43.7 Å². The molecule has 0 aliphatic carbocycles. The molecule has 7 nitrogen and oxygen atoms in total. The highest BCUT2D eigenvalue weighted by Gasteiger charge is 2.32. The first-order valence-electron chi connectivity index (χ1n) is 10.7. The van der Waals surface area contributed by atoms with Crippen molar-refractivity contribution in [3.8, 4) is 5.75 Å². The van der Waals surface area contributed by atoms with Crippen molar-refractivity contribution in [1.29, 1.82) is 0 Å². The Morgan fingerprint density at radius 1 is 1.13 bits per heavy atom. The van der Waals surface area contributed by atoms with Gasteiger partial charge in [-0.3, -0.25) is 19.8 Å². The van der Waals surface area contributed by atoms with Crippen LogP contribution in [0.25, 0.3) is 21.7 Å². The van der Waals surface area contributed by atoms with Gasteiger partial charge in [-0.2, -0.15) is 0 Å². The zero-order chi connectivity index (χ0) is 20.5. The number of piperidine rings is 2. The molecule has 7 heteroatoms. The van der Waals surface area contributed by atoms with Crippen molar-refractivity contribution in [3.63, 3.8) is 0 Å². The summed E-state index contributed by atoms with van der Waals surface area (Å²) < 4.78 is 11.5. The van der Waals surface area contributed by atoms with Crippen molar-refractivity contribution >= 4 is 33.6 Å². The molecule has 3 aromatic rings. The predicted molar refractivity (Wildman–Crippen MR) is 112 cm³/mol. The van der Waals surface area contributed by atoms with Crippen LogP contribution in [-0.4, -0.2) is 48.1 Å². The van der Waals surface area contributed by atoms with Gasteiger partial charge in [0.1, 0.15) is 18.1 Å². The molecule has 1 atom stereocenters. The second-order valence-electron chi connectivity index (χ2n) is 8.14. The lowest BCUT2D eigenvalue weighted by Crippen LogP contribution is -2.39. The van der Waals surface area contributed by atoms with Crippen molar-refractivity contribution in [2.75, 3.05) is 26.2 Å². The van der Waals surface area contributed by atoms with Crippen LogP contribution in [0.3, 0.4) is 0 Å². The molecule has 30 heavy (non-hydrogen) atoms. The second kappa shape index (κ2) is 8.07. The molecule has 1 N–H and O–H groups in total. The normalized spacial score (nSPS) is 20.6. The van der Waals surface area contributed by atoms with Crippen LogP contribution in [0.5, 0.6) is 5.75 Å². The Morgan fingerprint density at radius 3 is 2.83 bits per heavy atom. The Hall–Kier alpha value is -2.93. The van der Waals surface area contributed by atoms with Gasteiger partial charge in [0.25, 0.3) is 0 Å². The van der Waals surface area contributed by atoms with Crippen LogP contribution in [0.4, 0.5) is 0 Å². The number of amides is 2. The van der Waals surface area contributed by atoms with Gasteiger partial charge in [0.2, 0.25) is 11.8 Å². The molecule has 2 aromatic carbocycles. The summed E-state index contributed by atoms with van der Waals surface area (Å²) in [4.78, 5) is 26.3. The molecular formula is C23H25N3O4. The minimum Gasteiger partial charge on any atom is -0.492 e. The van der Waals surface area contributed by atoms with Gasteiger partial charge in [0.15, 0.2) is 5.58 Å². The van der Waals surface area contributed by atoms with Crippen molar-refractivity contribution in [2.24, 2.45) is 0 Å². The smallest absolute Gasteiger partial charge is 0.235 e. The monoisotopic (exact) mass is 407 g/mol. The van der Waals surface area contributed by atoms with Gasteiger partial charge in [-0.25, -0.2) is 0 Å². The van der Waals surface area contributed by atoms with Gasteiger partial charge in [-0.15, -0.1) is 0 Å². The molecule has 2 aliphatic rings. The number of ether oxygens (including phenoxy) is 1. The van der Waals surface area contributed by atoms with Crippen molar-refractivity contribution < 1.29 is 18.8 Å². The first-order valence-corrected chi connectivity index (χ1v) is 10.7. The van der Waals surface area contributed by atoms with Crippen molar-refractivity contribution in [1.82, 2.24) is 15.4 Å². The number of likely N-dealkylation sites (tertiary alicyclic amines) is 1. The first-order chi connectivity index (χ1) is 14.7. The summed E-state index contributed by atoms with van der Waals surface area (Å²) in [6, 6.07) is 9.83. The third-order valence-corrected chi connectivity index (χ3v) is 6.15. The molecule has 3 heterocycles. The van der Waals surface area contributed by atoms with E-state index in [4.69, 9.17) is 9.26 Å². The van der Waals surface area contributed by atoms with Crippen LogP contribution in [-0.2, 0) is 9.59 Å². The molecule has 156 valence electrons. The highest BCUT2D eigenvalue weighted by molar-refractivity contribution is 6.10. The van der Waals surface area contributed by atoms with Gasteiger partial charge in [0, 0.05) is 13.0 Å². The van der Waals surface area contributed by atoms with E-state index < -0.39 is 5.92 Å². The largest absolute Gasteiger partial charge is 0.492 e. The van der Waals surface area contributed by atoms with Crippen LogP contribution in [0.2, 0.25) is 0 Å². The summed E-state index contributed by atoms with van der Waals surface area (Å²) in [5.74, 6) is -0.190. The Morgan fingerprint density at radius 2 is 2.00 bits per heavy atom. The summed E-state index contributed by atoms with van der Waals surface area (Å²) in [6.45, 7) is 3.94. The van der Waals surface area contributed by atoms with E-state index in [1.165, 1.54) is 19.3 Å². The molecule has 0 saturated carbocycles. The minimum absolute atomic E-state index is 0.236. The fourth-order valence-electron chi connectivity index (χ4n) is 4.53. The molecule has 2 aliphatic heterocycles. The van der Waals surface area contributed by atoms with E-state index in [0.717, 1.165) is 41.5 Å². The maximum atomic E-state index is 12.3. The molecule has 0 bridgehead atoms. The average Bonchev–Trinajstić information content (AvgIpc) is 3.19. The van der Waals surface area contributed by atoms with Gasteiger partial charge in [-0.05, 0) is 67.4 Å². The molecule has 2 fully saturated rings. The molecule has 5 rings (SSSR count). The number of rotatable bonds is 5. The van der Waals surface area contributed by atoms with Gasteiger partial charge >= 0.3 is 0 Å². The van der Waals surface area contributed by atoms with E-state index in [9.17, 15) is 9.59 Å². The minimum atomic E-state index is -0.477. The van der Waals surface area contributed by atoms with Crippen molar-refractivity contribution in [3.05, 3.63) is 36.0 Å². The summed E-state index contributed by atoms with van der Waals surface area (Å²) in [6.07, 6.45) is 4.64. The maximum absolute atomic E-state index is 12.3. The number of carbonyl (C=O) groups excluding carboxylic acids is 2. The molecule has 0 radical (unpaired) electrons. The third-order valence-electron chi connectivity index (χ3n) is 6.15. The molecule has 0 unspecified atom stereocenters. The average molecular weight is 407 g/mol. The SMILES string of the molecule is O=C1CC[C@@H](c2noc3ccc4cc(OCCN5CCCCC5)ccc4c23)C(=O)N1. The standard InChI is InChI=1S/C23H25N3O4/c27-20-9-7-18(23(28)24-20)22-21-17-6-5-16(14-15(17)4-8-19(21)30-25-22)29-13-12-26-10-2-1-3-11-26/h4-6,8,14,18H,1-3,7,9-13H2,(H,24,27,28)/t18-/m0/s1. The number of aromatic nitrogens is 1. The third kappa shape index (κ3) is 3.65. The Bertz CT molecular complexity index is 1100. The lowest BCUT2D eigenvalue weighted by Gasteiger charge is -2.26. The lowest BCUT2D eigenvalue weighted by molar-refractivity contribution is -0.134. The number of nitrogens with zero attached hydrogens (tertiary/aromatic N) is 2. The van der Waals surface area contributed by atoms with Crippen LogP contribution < -0.4 is 10.1 Å². The predicted octanol–water partition coefficient (Wildman–Crippen LogP) is 3.37. The summed E-state index contributed by atoms with van der Waals surface area (Å²) >= 11 is 0. The fourth-order valence-corrected chi connectivity index (χ4v) is 4.53. The number of hydrogen-bond acceptors (Lipinski definition) is 6. The molecular weight excluding hydrogens is 382 g/mol. The molecule has 0 spiro atoms. The topological polar surface area (TPSA) is 84.7 Å². The summed E-state index contributed by atoms with van der Waals surface area (Å²) in [5.41, 5.74) is 1.24. The lowest BCUT2D eigenvalue weighted by atomic mass is 9.91. The Kier molecular flexibility index (Phi) is 5.12. The summed E-state index contributed by atoms with van der Waals surface area (Å²) in [5, 5.41) is 9.40. The van der Waals surface area contributed by atoms with Crippen molar-refractivity contribution in [2.45, 2.75) is 38.0 Å². The van der Waals surface area contributed by atoms with Crippen LogP contribution in [0.15, 0.2) is 34.9 Å². The fraction of sp³-hybridized carbons (Fsp3) is 0.435. The van der Waals surface area contributed by atoms with E-state index in [1.807, 2.05) is 30.3 Å². The van der Waals surface area contributed by atoms with E-state index in [1.54, 1.807) is 0 Å². The zero-order valence-electron chi connectivity index (χ0n) is 16.9. The van der Waals surface area contributed by atoms with E-state index in [2.05, 4.69) is 15.4 Å². The first kappa shape index (κ1) is 19.1. The number of hydrogen-bond donors (Lipinski definition) is 1. The number of benzene rings is 2. The molecule has 2 saturated heterocycles. The molecule has 2 amide bonds. The maximum Gasteiger partial charge on any atom is 0.235 e. The van der Waals surface area contributed by atoms with Crippen LogP contribution >= 0.6 is 0 Å². The quantitative estimate of drug-likeness (QED) is 0.653. The van der Waals surface area contributed by atoms with Gasteiger partial charge < -0.3 is 9.26 Å². The van der Waals surface area contributed by atoms with E-state index in [0.29, 0.717) is 30.7 Å². The van der Waals surface area contributed by atoms with E-state index >= 15 is 0 Å². The second-order valence-corrected chi connectivity index (χ2v) is 8.14. The van der Waals surface area contributed by atoms with Gasteiger partial charge in [0.05, 0.1) is 11.3 Å². The highest BCUT2D eigenvalue weighted by atomic mass is 16.5. The number of carbonyl (C=O) groups is 2. The molecule has 1 aromatic heterocycles. The number of nitrogens with one attached hydrogen (secondary N) is 1. The Balaban J connectivity index is 1.39.